The summed E-state index contributed by atoms with van der Waals surface area (Å²) in [7, 11) is -1.23. The molecule has 0 spiro atoms. The fourth-order valence-electron chi connectivity index (χ4n) is 2.71. The van der Waals surface area contributed by atoms with E-state index in [0.717, 1.165) is 11.8 Å². The zero-order valence-electron chi connectivity index (χ0n) is 14.0. The van der Waals surface area contributed by atoms with E-state index in [1.54, 1.807) is 29.9 Å². The van der Waals surface area contributed by atoms with Crippen molar-refractivity contribution in [1.82, 2.24) is 20.1 Å². The van der Waals surface area contributed by atoms with Gasteiger partial charge in [-0.1, -0.05) is 11.8 Å². The number of sulfone groups is 1. The fraction of sp³-hybridized carbons (Fsp3) is 0.467. The highest BCUT2D eigenvalue weighted by Gasteiger charge is 2.29. The Morgan fingerprint density at radius 2 is 2.23 bits per heavy atom. The molecule has 11 heteroatoms. The molecule has 1 aliphatic rings. The molecule has 9 nitrogen and oxygen atoms in total. The van der Waals surface area contributed by atoms with E-state index in [1.807, 2.05) is 0 Å². The summed E-state index contributed by atoms with van der Waals surface area (Å²) in [6, 6.07) is 3.33. The Labute approximate surface area is 154 Å². The summed E-state index contributed by atoms with van der Waals surface area (Å²) in [4.78, 5) is 23.8. The predicted octanol–water partition coefficient (Wildman–Crippen LogP) is 0.434. The largest absolute Gasteiger partial charge is 0.416 e. The predicted molar refractivity (Wildman–Crippen MR) is 93.4 cm³/mol. The lowest BCUT2D eigenvalue weighted by molar-refractivity contribution is -0.117. The lowest BCUT2D eigenvalue weighted by Gasteiger charge is -2.04. The number of carbonyl (C=O) groups is 2. The zero-order valence-corrected chi connectivity index (χ0v) is 15.7. The van der Waals surface area contributed by atoms with Crippen LogP contribution in [0.3, 0.4) is 0 Å². The molecular formula is C15H18N4O5S2. The van der Waals surface area contributed by atoms with Crippen molar-refractivity contribution < 1.29 is 22.4 Å². The first-order valence-electron chi connectivity index (χ1n) is 7.93. The van der Waals surface area contributed by atoms with Crippen LogP contribution in [0.25, 0.3) is 0 Å². The van der Waals surface area contributed by atoms with Crippen LogP contribution < -0.4 is 5.32 Å². The number of nitrogens with one attached hydrogen (secondary N) is 1. The van der Waals surface area contributed by atoms with E-state index in [1.165, 1.54) is 0 Å². The quantitative estimate of drug-likeness (QED) is 0.695. The molecule has 2 aromatic rings. The number of aromatic nitrogens is 3. The second-order valence-electron chi connectivity index (χ2n) is 6.11. The monoisotopic (exact) mass is 398 g/mol. The van der Waals surface area contributed by atoms with Gasteiger partial charge in [0.2, 0.25) is 11.8 Å². The van der Waals surface area contributed by atoms with Crippen LogP contribution in [0.5, 0.6) is 0 Å². The number of thioether (sulfide) groups is 1. The molecule has 0 radical (unpaired) electrons. The van der Waals surface area contributed by atoms with Crippen LogP contribution in [-0.4, -0.2) is 52.3 Å². The Morgan fingerprint density at radius 1 is 1.42 bits per heavy atom. The molecule has 3 rings (SSSR count). The number of aryl methyl sites for hydroxylation is 1. The standard InChI is InChI=1S/C15H18N4O5S2/c1-19-5-2-3-11(19)14(21)16-12(20)8-25-15-18-17-13(24-15)7-10-4-6-26(22,23)9-10/h2-3,5,10H,4,6-9H2,1H3,(H,16,20,21). The minimum Gasteiger partial charge on any atom is -0.416 e. The highest BCUT2D eigenvalue weighted by atomic mass is 32.2. The molecule has 1 unspecified atom stereocenters. The second-order valence-corrected chi connectivity index (χ2v) is 9.26. The van der Waals surface area contributed by atoms with Gasteiger partial charge in [0, 0.05) is 19.7 Å². The van der Waals surface area contributed by atoms with Crippen LogP contribution in [0, 0.1) is 5.92 Å². The molecule has 1 N–H and O–H groups in total. The number of nitrogens with zero attached hydrogens (tertiary/aromatic N) is 3. The Kier molecular flexibility index (Phi) is 5.47. The first-order valence-corrected chi connectivity index (χ1v) is 10.7. The maximum atomic E-state index is 11.9. The summed E-state index contributed by atoms with van der Waals surface area (Å²) in [6.07, 6.45) is 2.71. The molecule has 1 saturated heterocycles. The summed E-state index contributed by atoms with van der Waals surface area (Å²) in [5.41, 5.74) is 0.384. The van der Waals surface area contributed by atoms with Crippen molar-refractivity contribution in [3.05, 3.63) is 29.9 Å². The number of imide groups is 1. The summed E-state index contributed by atoms with van der Waals surface area (Å²) in [5.74, 6) is -0.307. The van der Waals surface area contributed by atoms with E-state index >= 15 is 0 Å². The van der Waals surface area contributed by atoms with Crippen molar-refractivity contribution in [3.63, 3.8) is 0 Å². The third kappa shape index (κ3) is 4.73. The van der Waals surface area contributed by atoms with Crippen LogP contribution in [0.1, 0.15) is 22.8 Å². The molecule has 0 saturated carbocycles. The zero-order chi connectivity index (χ0) is 18.7. The van der Waals surface area contributed by atoms with Crippen molar-refractivity contribution in [2.24, 2.45) is 13.0 Å². The first kappa shape index (κ1) is 18.6. The number of carbonyl (C=O) groups excluding carboxylic acids is 2. The van der Waals surface area contributed by atoms with Crippen LogP contribution >= 0.6 is 11.8 Å². The number of amides is 2. The van der Waals surface area contributed by atoms with Gasteiger partial charge in [-0.2, -0.15) is 0 Å². The van der Waals surface area contributed by atoms with Gasteiger partial charge in [-0.25, -0.2) is 8.42 Å². The highest BCUT2D eigenvalue weighted by Crippen LogP contribution is 2.23. The lowest BCUT2D eigenvalue weighted by Crippen LogP contribution is -2.32. The van der Waals surface area contributed by atoms with Gasteiger partial charge in [-0.15, -0.1) is 10.2 Å². The Balaban J connectivity index is 1.46. The molecule has 0 bridgehead atoms. The molecule has 0 aliphatic carbocycles. The van der Waals surface area contributed by atoms with Crippen LogP contribution in [-0.2, 0) is 28.1 Å². The SMILES string of the molecule is Cn1cccc1C(=O)NC(=O)CSc1nnc(CC2CCS(=O)(=O)C2)o1. The van der Waals surface area contributed by atoms with Gasteiger partial charge in [0.25, 0.3) is 11.1 Å². The van der Waals surface area contributed by atoms with Crippen molar-refractivity contribution in [3.8, 4) is 0 Å². The third-order valence-electron chi connectivity index (χ3n) is 3.99. The maximum absolute atomic E-state index is 11.9. The van der Waals surface area contributed by atoms with Crippen LogP contribution in [0.15, 0.2) is 28.0 Å². The molecule has 1 aliphatic heterocycles. The van der Waals surface area contributed by atoms with Gasteiger partial charge in [0.1, 0.15) is 5.69 Å². The van der Waals surface area contributed by atoms with Gasteiger partial charge >= 0.3 is 0 Å². The first-order chi connectivity index (χ1) is 12.3. The molecule has 1 fully saturated rings. The number of hydrogen-bond acceptors (Lipinski definition) is 8. The smallest absolute Gasteiger partial charge is 0.277 e. The average molecular weight is 398 g/mol. The Morgan fingerprint density at radius 3 is 2.88 bits per heavy atom. The maximum Gasteiger partial charge on any atom is 0.277 e. The van der Waals surface area contributed by atoms with Crippen molar-refractivity contribution >= 4 is 33.4 Å². The molecule has 26 heavy (non-hydrogen) atoms. The second kappa shape index (κ2) is 7.62. The third-order valence-corrected chi connectivity index (χ3v) is 6.65. The molecule has 3 heterocycles. The minimum absolute atomic E-state index is 0.00972. The van der Waals surface area contributed by atoms with Gasteiger partial charge in [-0.05, 0) is 24.5 Å². The van der Waals surface area contributed by atoms with Gasteiger partial charge in [0.15, 0.2) is 9.84 Å². The van der Waals surface area contributed by atoms with E-state index in [-0.39, 0.29) is 28.4 Å². The Bertz CT molecular complexity index is 918. The summed E-state index contributed by atoms with van der Waals surface area (Å²) < 4.78 is 30.0. The molecular weight excluding hydrogens is 380 g/mol. The van der Waals surface area contributed by atoms with Crippen molar-refractivity contribution in [2.45, 2.75) is 18.1 Å². The van der Waals surface area contributed by atoms with Gasteiger partial charge in [-0.3, -0.25) is 14.9 Å². The van der Waals surface area contributed by atoms with Gasteiger partial charge in [0.05, 0.1) is 17.3 Å². The van der Waals surface area contributed by atoms with Gasteiger partial charge < -0.3 is 8.98 Å². The van der Waals surface area contributed by atoms with E-state index < -0.39 is 21.7 Å². The topological polar surface area (TPSA) is 124 Å². The molecule has 0 aromatic carbocycles. The molecule has 2 aromatic heterocycles. The average Bonchev–Trinajstić information content (AvgIpc) is 3.26. The summed E-state index contributed by atoms with van der Waals surface area (Å²) in [6.45, 7) is 0. The van der Waals surface area contributed by atoms with E-state index in [9.17, 15) is 18.0 Å². The van der Waals surface area contributed by atoms with E-state index in [4.69, 9.17) is 4.42 Å². The van der Waals surface area contributed by atoms with Crippen LogP contribution in [0.4, 0.5) is 0 Å². The molecule has 1 atom stereocenters. The summed E-state index contributed by atoms with van der Waals surface area (Å²) >= 11 is 1.02. The highest BCUT2D eigenvalue weighted by molar-refractivity contribution is 7.99. The molecule has 2 amide bonds. The van der Waals surface area contributed by atoms with Crippen molar-refractivity contribution in [1.29, 1.82) is 0 Å². The van der Waals surface area contributed by atoms with E-state index in [2.05, 4.69) is 15.5 Å². The normalized spacial score (nSPS) is 18.7. The Hall–Kier alpha value is -2.14. The molecule has 140 valence electrons. The lowest BCUT2D eigenvalue weighted by atomic mass is 10.1. The number of hydrogen-bond donors (Lipinski definition) is 1. The minimum atomic E-state index is -2.95. The summed E-state index contributed by atoms with van der Waals surface area (Å²) in [5, 5.41) is 10.2. The number of rotatable bonds is 6. The fourth-order valence-corrected chi connectivity index (χ4v) is 5.15. The van der Waals surface area contributed by atoms with Crippen LogP contribution in [0.2, 0.25) is 0 Å². The van der Waals surface area contributed by atoms with E-state index in [0.29, 0.717) is 24.4 Å². The van der Waals surface area contributed by atoms with Crippen molar-refractivity contribution in [2.75, 3.05) is 17.3 Å².